The van der Waals surface area contributed by atoms with Gasteiger partial charge in [-0.05, 0) is 13.0 Å². The maximum Gasteiger partial charge on any atom is 0.184 e. The zero-order valence-electron chi connectivity index (χ0n) is 17.2. The quantitative estimate of drug-likeness (QED) is 0.654. The number of nitrogens with zero attached hydrogens (tertiary/aromatic N) is 4. The number of aromatic nitrogens is 4. The molecule has 8 nitrogen and oxygen atoms in total. The number of fused-ring (bicyclic) bond motifs is 4. The maximum absolute atomic E-state index is 6.30. The van der Waals surface area contributed by atoms with E-state index in [9.17, 15) is 0 Å². The SMILES string of the molecule is C[C@@H]1COCC2COc3c(nc(-c4c(N)ncc5[nH]ccc45)nc3C(C)(C)C)N21. The molecule has 0 bridgehead atoms. The minimum atomic E-state index is -0.224. The number of nitrogen functional groups attached to an aromatic ring is 1. The molecule has 0 radical (unpaired) electrons. The van der Waals surface area contributed by atoms with Crippen LogP contribution in [0.5, 0.6) is 5.75 Å². The van der Waals surface area contributed by atoms with Gasteiger partial charge in [-0.1, -0.05) is 20.8 Å². The van der Waals surface area contributed by atoms with Gasteiger partial charge in [-0.15, -0.1) is 0 Å². The van der Waals surface area contributed by atoms with Gasteiger partial charge in [0, 0.05) is 17.0 Å². The molecule has 1 saturated heterocycles. The van der Waals surface area contributed by atoms with Crippen LogP contribution in [0.2, 0.25) is 0 Å². The van der Waals surface area contributed by atoms with E-state index in [1.54, 1.807) is 6.20 Å². The van der Waals surface area contributed by atoms with Crippen molar-refractivity contribution in [2.24, 2.45) is 0 Å². The van der Waals surface area contributed by atoms with Crippen molar-refractivity contribution in [1.29, 1.82) is 0 Å². The predicted molar refractivity (Wildman–Crippen MR) is 112 cm³/mol. The Morgan fingerprint density at radius 1 is 1.21 bits per heavy atom. The summed E-state index contributed by atoms with van der Waals surface area (Å²) >= 11 is 0. The van der Waals surface area contributed by atoms with Crippen molar-refractivity contribution < 1.29 is 9.47 Å². The topological polar surface area (TPSA) is 102 Å². The molecule has 0 aromatic carbocycles. The highest BCUT2D eigenvalue weighted by atomic mass is 16.5. The summed E-state index contributed by atoms with van der Waals surface area (Å²) < 4.78 is 11.9. The van der Waals surface area contributed by atoms with E-state index in [-0.39, 0.29) is 17.5 Å². The van der Waals surface area contributed by atoms with Gasteiger partial charge in [0.05, 0.1) is 48.3 Å². The normalized spacial score (nSPS) is 21.6. The Kier molecular flexibility index (Phi) is 3.96. The maximum atomic E-state index is 6.30. The largest absolute Gasteiger partial charge is 0.486 e. The summed E-state index contributed by atoms with van der Waals surface area (Å²) in [6, 6.07) is 2.32. The first-order chi connectivity index (χ1) is 13.8. The van der Waals surface area contributed by atoms with Crippen LogP contribution < -0.4 is 15.4 Å². The van der Waals surface area contributed by atoms with Crippen LogP contribution in [0.1, 0.15) is 33.4 Å². The summed E-state index contributed by atoms with van der Waals surface area (Å²) in [5, 5.41) is 0.959. The van der Waals surface area contributed by atoms with Gasteiger partial charge in [0.15, 0.2) is 17.4 Å². The predicted octanol–water partition coefficient (Wildman–Crippen LogP) is 2.89. The first-order valence-corrected chi connectivity index (χ1v) is 9.98. The number of morpholine rings is 1. The monoisotopic (exact) mass is 394 g/mol. The molecule has 8 heteroatoms. The minimum Gasteiger partial charge on any atom is -0.486 e. The number of pyridine rings is 1. The Labute approximate surface area is 169 Å². The highest BCUT2D eigenvalue weighted by molar-refractivity contribution is 5.97. The summed E-state index contributed by atoms with van der Waals surface area (Å²) in [6.07, 6.45) is 3.61. The summed E-state index contributed by atoms with van der Waals surface area (Å²) in [7, 11) is 0. The molecule has 0 saturated carbocycles. The van der Waals surface area contributed by atoms with Gasteiger partial charge < -0.3 is 25.1 Å². The number of aromatic amines is 1. The second kappa shape index (κ2) is 6.32. The molecule has 1 unspecified atom stereocenters. The number of anilines is 2. The summed E-state index contributed by atoms with van der Waals surface area (Å²) in [4.78, 5) is 19.8. The van der Waals surface area contributed by atoms with Crippen LogP contribution in [-0.2, 0) is 10.2 Å². The van der Waals surface area contributed by atoms with Crippen molar-refractivity contribution in [1.82, 2.24) is 19.9 Å². The van der Waals surface area contributed by atoms with Crippen LogP contribution in [0.15, 0.2) is 18.5 Å². The molecule has 29 heavy (non-hydrogen) atoms. The van der Waals surface area contributed by atoms with Gasteiger partial charge in [-0.2, -0.15) is 0 Å². The molecule has 3 aromatic rings. The third kappa shape index (κ3) is 2.81. The van der Waals surface area contributed by atoms with Crippen LogP contribution in [0.3, 0.4) is 0 Å². The molecule has 2 aliphatic rings. The van der Waals surface area contributed by atoms with E-state index in [1.165, 1.54) is 0 Å². The van der Waals surface area contributed by atoms with Crippen molar-refractivity contribution >= 4 is 22.5 Å². The molecule has 152 valence electrons. The lowest BCUT2D eigenvalue weighted by molar-refractivity contribution is 0.0481. The van der Waals surface area contributed by atoms with Gasteiger partial charge in [-0.25, -0.2) is 15.0 Å². The first kappa shape index (κ1) is 18.2. The van der Waals surface area contributed by atoms with Crippen LogP contribution in [-0.4, -0.2) is 51.8 Å². The standard InChI is InChI=1S/C21H26N6O2/c1-11-8-28-9-12-10-29-16-17(21(2,3)4)25-19(26-20(16)27(11)12)15-13-5-6-23-14(13)7-24-18(15)22/h5-7,11-12,23H,8-10H2,1-4H3,(H2,22,24)/t11-,12?/m1/s1. The van der Waals surface area contributed by atoms with E-state index < -0.39 is 0 Å². The second-order valence-electron chi connectivity index (χ2n) is 8.88. The number of nitrogens with one attached hydrogen (secondary N) is 1. The minimum absolute atomic E-state index is 0.139. The van der Waals surface area contributed by atoms with E-state index >= 15 is 0 Å². The zero-order chi connectivity index (χ0) is 20.3. The van der Waals surface area contributed by atoms with Crippen molar-refractivity contribution in [3.63, 3.8) is 0 Å². The third-order valence-electron chi connectivity index (χ3n) is 5.62. The van der Waals surface area contributed by atoms with E-state index in [4.69, 9.17) is 25.2 Å². The molecule has 3 N–H and O–H groups in total. The lowest BCUT2D eigenvalue weighted by Crippen LogP contribution is -2.56. The Balaban J connectivity index is 1.79. The molecule has 5 rings (SSSR count). The average Bonchev–Trinajstić information content (AvgIpc) is 3.14. The van der Waals surface area contributed by atoms with Crippen LogP contribution in [0.4, 0.5) is 11.6 Å². The van der Waals surface area contributed by atoms with Gasteiger partial charge in [0.1, 0.15) is 12.4 Å². The van der Waals surface area contributed by atoms with E-state index in [0.717, 1.165) is 33.7 Å². The Hall–Kier alpha value is -2.87. The lowest BCUT2D eigenvalue weighted by Gasteiger charge is -2.45. The molecular weight excluding hydrogens is 368 g/mol. The zero-order valence-corrected chi connectivity index (χ0v) is 17.2. The second-order valence-corrected chi connectivity index (χ2v) is 8.88. The summed E-state index contributed by atoms with van der Waals surface area (Å²) in [5.41, 5.74) is 8.61. The summed E-state index contributed by atoms with van der Waals surface area (Å²) in [6.45, 7) is 10.4. The Morgan fingerprint density at radius 2 is 2.03 bits per heavy atom. The molecule has 3 aromatic heterocycles. The fourth-order valence-electron chi connectivity index (χ4n) is 4.23. The highest BCUT2D eigenvalue weighted by Gasteiger charge is 2.39. The summed E-state index contributed by atoms with van der Waals surface area (Å²) in [5.74, 6) is 2.57. The fraction of sp³-hybridized carbons (Fsp3) is 0.476. The first-order valence-electron chi connectivity index (χ1n) is 9.98. The van der Waals surface area contributed by atoms with Crippen molar-refractivity contribution in [3.8, 4) is 17.1 Å². The molecule has 0 aliphatic carbocycles. The van der Waals surface area contributed by atoms with Crippen LogP contribution >= 0.6 is 0 Å². The number of nitrogens with two attached hydrogens (primary N) is 1. The number of hydrogen-bond donors (Lipinski definition) is 2. The molecule has 0 spiro atoms. The third-order valence-corrected chi connectivity index (χ3v) is 5.62. The Bertz CT molecular complexity index is 1090. The highest BCUT2D eigenvalue weighted by Crippen LogP contribution is 2.43. The molecule has 5 heterocycles. The Morgan fingerprint density at radius 3 is 2.83 bits per heavy atom. The smallest absolute Gasteiger partial charge is 0.184 e. The number of hydrogen-bond acceptors (Lipinski definition) is 7. The van der Waals surface area contributed by atoms with Gasteiger partial charge in [0.25, 0.3) is 0 Å². The van der Waals surface area contributed by atoms with Gasteiger partial charge in [-0.3, -0.25) is 0 Å². The molecule has 1 fully saturated rings. The lowest BCUT2D eigenvalue weighted by atomic mass is 9.90. The molecule has 0 amide bonds. The van der Waals surface area contributed by atoms with Crippen LogP contribution in [0, 0.1) is 0 Å². The van der Waals surface area contributed by atoms with E-state index in [0.29, 0.717) is 31.5 Å². The van der Waals surface area contributed by atoms with Crippen molar-refractivity contribution in [3.05, 3.63) is 24.2 Å². The molecule has 2 atom stereocenters. The molecular formula is C21H26N6O2. The van der Waals surface area contributed by atoms with Crippen molar-refractivity contribution in [2.75, 3.05) is 30.5 Å². The van der Waals surface area contributed by atoms with Crippen LogP contribution in [0.25, 0.3) is 22.3 Å². The van der Waals surface area contributed by atoms with E-state index in [1.807, 2.05) is 12.3 Å². The van der Waals surface area contributed by atoms with Gasteiger partial charge in [0.2, 0.25) is 0 Å². The van der Waals surface area contributed by atoms with E-state index in [2.05, 4.69) is 42.6 Å². The number of rotatable bonds is 1. The fourth-order valence-corrected chi connectivity index (χ4v) is 4.23. The average molecular weight is 394 g/mol. The molecule has 2 aliphatic heterocycles. The number of H-pyrrole nitrogens is 1. The number of ether oxygens (including phenoxy) is 2. The van der Waals surface area contributed by atoms with Crippen molar-refractivity contribution in [2.45, 2.75) is 45.2 Å². The van der Waals surface area contributed by atoms with Gasteiger partial charge >= 0.3 is 0 Å².